The normalized spacial score (nSPS) is 32.8. The van der Waals surface area contributed by atoms with Crippen LogP contribution in [-0.2, 0) is 4.79 Å². The summed E-state index contributed by atoms with van der Waals surface area (Å²) in [4.78, 5) is 28.6. The van der Waals surface area contributed by atoms with E-state index in [1.54, 1.807) is 0 Å². The Bertz CT molecular complexity index is 786. The Labute approximate surface area is 183 Å². The second kappa shape index (κ2) is 8.04. The number of anilines is 1. The molecule has 0 aromatic heterocycles. The molecule has 4 bridgehead atoms. The number of hydrogen-bond acceptors (Lipinski definition) is 3. The van der Waals surface area contributed by atoms with Crippen molar-refractivity contribution in [2.45, 2.75) is 44.1 Å². The molecule has 5 fully saturated rings. The molecule has 1 heterocycles. The quantitative estimate of drug-likeness (QED) is 0.681. The molecular formula is C23H32ClN4O2+. The third-order valence-corrected chi connectivity index (χ3v) is 7.96. The summed E-state index contributed by atoms with van der Waals surface area (Å²) in [6.07, 6.45) is 7.30. The van der Waals surface area contributed by atoms with E-state index in [0.717, 1.165) is 73.9 Å². The van der Waals surface area contributed by atoms with Crippen LogP contribution in [0.3, 0.4) is 0 Å². The van der Waals surface area contributed by atoms with Crippen molar-refractivity contribution in [1.82, 2.24) is 10.6 Å². The van der Waals surface area contributed by atoms with E-state index in [1.165, 1.54) is 24.2 Å². The number of urea groups is 1. The highest BCUT2D eigenvalue weighted by Gasteiger charge is 2.51. The van der Waals surface area contributed by atoms with Gasteiger partial charge in [-0.1, -0.05) is 17.7 Å². The van der Waals surface area contributed by atoms with Crippen LogP contribution in [-0.4, -0.2) is 50.2 Å². The van der Waals surface area contributed by atoms with Crippen LogP contribution in [0.25, 0.3) is 0 Å². The van der Waals surface area contributed by atoms with Gasteiger partial charge in [0.2, 0.25) is 0 Å². The van der Waals surface area contributed by atoms with Crippen molar-refractivity contribution in [1.29, 1.82) is 0 Å². The van der Waals surface area contributed by atoms with E-state index in [2.05, 4.69) is 21.6 Å². The Morgan fingerprint density at radius 3 is 2.30 bits per heavy atom. The number of nitrogens with zero attached hydrogens (tertiary/aromatic N) is 1. The van der Waals surface area contributed by atoms with Gasteiger partial charge in [-0.3, -0.25) is 10.1 Å². The van der Waals surface area contributed by atoms with Gasteiger partial charge in [0.15, 0.2) is 6.54 Å². The maximum absolute atomic E-state index is 12.6. The summed E-state index contributed by atoms with van der Waals surface area (Å²) in [5, 5.41) is 6.58. The number of piperazine rings is 1. The molecule has 0 atom stereocenters. The van der Waals surface area contributed by atoms with E-state index in [4.69, 9.17) is 11.6 Å². The number of halogens is 1. The lowest BCUT2D eigenvalue weighted by atomic mass is 9.53. The topological polar surface area (TPSA) is 65.9 Å². The van der Waals surface area contributed by atoms with Crippen LogP contribution >= 0.6 is 11.6 Å². The van der Waals surface area contributed by atoms with Gasteiger partial charge in [-0.15, -0.1) is 0 Å². The van der Waals surface area contributed by atoms with Gasteiger partial charge in [-0.2, -0.15) is 0 Å². The van der Waals surface area contributed by atoms with Crippen LogP contribution < -0.4 is 20.4 Å². The lowest BCUT2D eigenvalue weighted by molar-refractivity contribution is -0.892. The van der Waals surface area contributed by atoms with Crippen LogP contribution in [0.4, 0.5) is 10.5 Å². The molecule has 30 heavy (non-hydrogen) atoms. The first-order valence-corrected chi connectivity index (χ1v) is 11.8. The van der Waals surface area contributed by atoms with Gasteiger partial charge >= 0.3 is 6.03 Å². The largest absolute Gasteiger partial charge is 0.360 e. The van der Waals surface area contributed by atoms with E-state index >= 15 is 0 Å². The minimum Gasteiger partial charge on any atom is -0.360 e. The second-order valence-corrected chi connectivity index (χ2v) is 10.5. The summed E-state index contributed by atoms with van der Waals surface area (Å²) in [6.45, 7) is 3.84. The fourth-order valence-corrected chi connectivity index (χ4v) is 7.05. The number of quaternary nitrogens is 1. The average molecular weight is 432 g/mol. The Morgan fingerprint density at radius 1 is 1.07 bits per heavy atom. The summed E-state index contributed by atoms with van der Waals surface area (Å²) in [5.74, 6) is 2.14. The van der Waals surface area contributed by atoms with Gasteiger partial charge < -0.3 is 15.1 Å². The van der Waals surface area contributed by atoms with Gasteiger partial charge in [0.05, 0.1) is 26.2 Å². The summed E-state index contributed by atoms with van der Waals surface area (Å²) in [5.41, 5.74) is 1.06. The van der Waals surface area contributed by atoms with E-state index in [-0.39, 0.29) is 17.5 Å². The molecule has 1 saturated heterocycles. The zero-order valence-electron chi connectivity index (χ0n) is 17.5. The third kappa shape index (κ3) is 4.30. The first kappa shape index (κ1) is 20.1. The molecule has 1 aromatic rings. The van der Waals surface area contributed by atoms with Gasteiger partial charge in [-0.25, -0.2) is 4.79 Å². The van der Waals surface area contributed by atoms with Crippen molar-refractivity contribution in [3.63, 3.8) is 0 Å². The van der Waals surface area contributed by atoms with Crippen molar-refractivity contribution in [3.05, 3.63) is 29.3 Å². The molecule has 5 aliphatic rings. The predicted molar refractivity (Wildman–Crippen MR) is 117 cm³/mol. The highest BCUT2D eigenvalue weighted by atomic mass is 35.5. The van der Waals surface area contributed by atoms with Crippen molar-refractivity contribution in [2.24, 2.45) is 17.8 Å². The Morgan fingerprint density at radius 2 is 1.70 bits per heavy atom. The lowest BCUT2D eigenvalue weighted by Crippen LogP contribution is -3.16. The molecule has 0 spiro atoms. The number of rotatable bonds is 4. The zero-order valence-corrected chi connectivity index (χ0v) is 18.2. The summed E-state index contributed by atoms with van der Waals surface area (Å²) < 4.78 is 0. The van der Waals surface area contributed by atoms with Crippen molar-refractivity contribution in [3.8, 4) is 0 Å². The molecule has 7 heteroatoms. The van der Waals surface area contributed by atoms with Gasteiger partial charge in [0.1, 0.15) is 0 Å². The number of carbonyl (C=O) groups is 2. The van der Waals surface area contributed by atoms with E-state index in [9.17, 15) is 9.59 Å². The van der Waals surface area contributed by atoms with Gasteiger partial charge in [-0.05, 0) is 74.5 Å². The predicted octanol–water partition coefficient (Wildman–Crippen LogP) is 1.84. The highest BCUT2D eigenvalue weighted by Crippen LogP contribution is 2.55. The molecule has 3 amide bonds. The zero-order chi connectivity index (χ0) is 20.7. The van der Waals surface area contributed by atoms with Crippen LogP contribution in [0.5, 0.6) is 0 Å². The first-order valence-electron chi connectivity index (χ1n) is 11.4. The maximum Gasteiger partial charge on any atom is 0.322 e. The Balaban J connectivity index is 1.08. The maximum atomic E-state index is 12.6. The molecule has 4 saturated carbocycles. The molecule has 162 valence electrons. The molecule has 0 unspecified atom stereocenters. The molecule has 4 aliphatic carbocycles. The lowest BCUT2D eigenvalue weighted by Gasteiger charge is -2.56. The second-order valence-electron chi connectivity index (χ2n) is 10.1. The first-order chi connectivity index (χ1) is 14.5. The average Bonchev–Trinajstić information content (AvgIpc) is 2.66. The number of imide groups is 1. The fraction of sp³-hybridized carbons (Fsp3) is 0.652. The van der Waals surface area contributed by atoms with Gasteiger partial charge in [0.25, 0.3) is 5.91 Å². The molecule has 1 aliphatic heterocycles. The van der Waals surface area contributed by atoms with Crippen LogP contribution in [0.15, 0.2) is 24.3 Å². The van der Waals surface area contributed by atoms with E-state index < -0.39 is 0 Å². The third-order valence-electron chi connectivity index (χ3n) is 7.72. The van der Waals surface area contributed by atoms with E-state index in [0.29, 0.717) is 6.54 Å². The summed E-state index contributed by atoms with van der Waals surface area (Å²) in [7, 11) is 0. The Hall–Kier alpha value is -1.79. The molecule has 0 radical (unpaired) electrons. The standard InChI is InChI=1S/C23H31ClN4O2/c24-19-2-1-3-20(11-19)28-6-4-27(5-7-28)15-21(29)25-22(30)26-23-12-16-8-17(13-23)10-18(9-16)14-23/h1-3,11,16-18H,4-10,12-15H2,(H2,25,26,29,30)/p+1. The highest BCUT2D eigenvalue weighted by molar-refractivity contribution is 6.30. The van der Waals surface area contributed by atoms with Crippen LogP contribution in [0.1, 0.15) is 38.5 Å². The van der Waals surface area contributed by atoms with Crippen LogP contribution in [0, 0.1) is 17.8 Å². The van der Waals surface area contributed by atoms with Crippen molar-refractivity contribution in [2.75, 3.05) is 37.6 Å². The number of hydrogen-bond donors (Lipinski definition) is 3. The van der Waals surface area contributed by atoms with Crippen molar-refractivity contribution >= 4 is 29.2 Å². The molecule has 6 nitrogen and oxygen atoms in total. The minimum atomic E-state index is -0.293. The minimum absolute atomic E-state index is 0.0610. The van der Waals surface area contributed by atoms with Gasteiger partial charge in [0, 0.05) is 16.2 Å². The SMILES string of the molecule is O=C(C[NH+]1CCN(c2cccc(Cl)c2)CC1)NC(=O)NC12CC3CC(CC(C3)C1)C2. The molecule has 1 aromatic carbocycles. The van der Waals surface area contributed by atoms with E-state index in [1.807, 2.05) is 18.2 Å². The van der Waals surface area contributed by atoms with Crippen molar-refractivity contribution < 1.29 is 14.5 Å². The number of carbonyl (C=O) groups excluding carboxylic acids is 2. The smallest absolute Gasteiger partial charge is 0.322 e. The fourth-order valence-electron chi connectivity index (χ4n) is 6.86. The molecule has 3 N–H and O–H groups in total. The Kier molecular flexibility index (Phi) is 5.40. The summed E-state index contributed by atoms with van der Waals surface area (Å²) >= 11 is 6.10. The molecular weight excluding hydrogens is 400 g/mol. The molecule has 6 rings (SSSR count). The number of benzene rings is 1. The van der Waals surface area contributed by atoms with Crippen LogP contribution in [0.2, 0.25) is 5.02 Å². The number of nitrogens with one attached hydrogen (secondary N) is 3. The monoisotopic (exact) mass is 431 g/mol. The summed E-state index contributed by atoms with van der Waals surface area (Å²) in [6, 6.07) is 7.60. The number of amides is 3.